The molecule has 6 nitrogen and oxygen atoms in total. The predicted molar refractivity (Wildman–Crippen MR) is 116 cm³/mol. The quantitative estimate of drug-likeness (QED) is 0.845. The van der Waals surface area contributed by atoms with Crippen molar-refractivity contribution in [3.8, 4) is 0 Å². The van der Waals surface area contributed by atoms with Gasteiger partial charge in [-0.15, -0.1) is 0 Å². The fourth-order valence-electron chi connectivity index (χ4n) is 5.24. The van der Waals surface area contributed by atoms with Crippen molar-refractivity contribution in [2.75, 3.05) is 38.3 Å². The molecule has 0 spiro atoms. The Hall–Kier alpha value is -2.28. The molecular weight excluding hydrogens is 376 g/mol. The molecule has 3 heterocycles. The van der Waals surface area contributed by atoms with Crippen LogP contribution >= 0.6 is 0 Å². The van der Waals surface area contributed by atoms with E-state index >= 15 is 0 Å². The summed E-state index contributed by atoms with van der Waals surface area (Å²) in [6, 6.07) is 11.4. The first-order valence-electron chi connectivity index (χ1n) is 11.1. The monoisotopic (exact) mass is 406 g/mol. The van der Waals surface area contributed by atoms with Crippen molar-refractivity contribution in [2.24, 2.45) is 0 Å². The van der Waals surface area contributed by atoms with Gasteiger partial charge in [0.25, 0.3) is 5.91 Å². The number of pyridine rings is 1. The molecule has 2 aliphatic heterocycles. The lowest BCUT2D eigenvalue weighted by Crippen LogP contribution is -2.46. The van der Waals surface area contributed by atoms with Gasteiger partial charge in [0, 0.05) is 37.6 Å². The molecule has 1 aromatic heterocycles. The highest BCUT2D eigenvalue weighted by Crippen LogP contribution is 2.33. The van der Waals surface area contributed by atoms with Crippen molar-refractivity contribution < 1.29 is 9.53 Å². The number of aromatic nitrogens is 1. The molecule has 1 fully saturated rings. The topological polar surface area (TPSA) is 57.7 Å². The number of nitrogens with zero attached hydrogens (tertiary/aromatic N) is 3. The number of amides is 1. The third kappa shape index (κ3) is 3.75. The Labute approximate surface area is 178 Å². The van der Waals surface area contributed by atoms with Crippen LogP contribution in [0.25, 0.3) is 0 Å². The van der Waals surface area contributed by atoms with Gasteiger partial charge in [-0.2, -0.15) is 0 Å². The minimum atomic E-state index is 0.0618. The maximum atomic E-state index is 12.4. The van der Waals surface area contributed by atoms with Gasteiger partial charge in [0.15, 0.2) is 0 Å². The summed E-state index contributed by atoms with van der Waals surface area (Å²) in [5.74, 6) is 0.0618. The zero-order chi connectivity index (χ0) is 20.5. The molecule has 1 aromatic carbocycles. The van der Waals surface area contributed by atoms with Gasteiger partial charge in [-0.1, -0.05) is 18.2 Å². The van der Waals surface area contributed by atoms with Gasteiger partial charge in [-0.25, -0.2) is 0 Å². The molecule has 1 aliphatic carbocycles. The average Bonchev–Trinajstić information content (AvgIpc) is 2.79. The SMILES string of the molecule is CN(C[C@H]1Cc2c(cccc2N2CCOCC2=O)CN1)[C@H]1CCCc2cccnc21. The summed E-state index contributed by atoms with van der Waals surface area (Å²) in [4.78, 5) is 21.5. The lowest BCUT2D eigenvalue weighted by atomic mass is 9.89. The standard InChI is InChI=1S/C24H30N4O2/c1-27(22-9-2-5-17-7-4-10-25-24(17)22)15-19-13-20-18(14-26-19)6-3-8-21(20)28-11-12-30-16-23(28)29/h3-4,6-8,10,19,22,26H,2,5,9,11-16H2,1H3/t19-,22+/m1/s1. The van der Waals surface area contributed by atoms with Crippen molar-refractivity contribution in [1.29, 1.82) is 0 Å². The first-order valence-corrected chi connectivity index (χ1v) is 11.1. The lowest BCUT2D eigenvalue weighted by Gasteiger charge is -2.37. The summed E-state index contributed by atoms with van der Waals surface area (Å²) in [5, 5.41) is 3.72. The molecule has 0 saturated carbocycles. The predicted octanol–water partition coefficient (Wildman–Crippen LogP) is 2.47. The van der Waals surface area contributed by atoms with E-state index in [-0.39, 0.29) is 12.5 Å². The van der Waals surface area contributed by atoms with Crippen molar-refractivity contribution in [2.45, 2.75) is 44.3 Å². The zero-order valence-electron chi connectivity index (χ0n) is 17.6. The van der Waals surface area contributed by atoms with E-state index in [4.69, 9.17) is 9.72 Å². The number of hydrogen-bond donors (Lipinski definition) is 1. The summed E-state index contributed by atoms with van der Waals surface area (Å²) in [6.07, 6.45) is 6.38. The zero-order valence-corrected chi connectivity index (χ0v) is 17.6. The Bertz CT molecular complexity index is 931. The van der Waals surface area contributed by atoms with E-state index in [1.807, 2.05) is 11.1 Å². The molecule has 1 saturated heterocycles. The molecule has 1 amide bonds. The minimum Gasteiger partial charge on any atom is -0.370 e. The third-order valence-electron chi connectivity index (χ3n) is 6.76. The van der Waals surface area contributed by atoms with Gasteiger partial charge in [-0.05, 0) is 61.6 Å². The highest BCUT2D eigenvalue weighted by atomic mass is 16.5. The Morgan fingerprint density at radius 2 is 2.17 bits per heavy atom. The number of aryl methyl sites for hydroxylation is 1. The Morgan fingerprint density at radius 3 is 3.07 bits per heavy atom. The molecule has 3 aliphatic rings. The third-order valence-corrected chi connectivity index (χ3v) is 6.76. The van der Waals surface area contributed by atoms with E-state index in [0.717, 1.165) is 38.0 Å². The number of hydrogen-bond acceptors (Lipinski definition) is 5. The number of rotatable bonds is 4. The number of benzene rings is 1. The summed E-state index contributed by atoms with van der Waals surface area (Å²) < 4.78 is 5.33. The summed E-state index contributed by atoms with van der Waals surface area (Å²) in [5.41, 5.74) is 6.33. The van der Waals surface area contributed by atoms with Crippen molar-refractivity contribution in [3.63, 3.8) is 0 Å². The molecular formula is C24H30N4O2. The second kappa shape index (κ2) is 8.46. The van der Waals surface area contributed by atoms with Gasteiger partial charge < -0.3 is 15.0 Å². The number of anilines is 1. The van der Waals surface area contributed by atoms with E-state index < -0.39 is 0 Å². The molecule has 0 unspecified atom stereocenters. The number of ether oxygens (including phenoxy) is 1. The van der Waals surface area contributed by atoms with Crippen LogP contribution in [-0.4, -0.2) is 55.2 Å². The van der Waals surface area contributed by atoms with Crippen LogP contribution in [-0.2, 0) is 28.9 Å². The van der Waals surface area contributed by atoms with Crippen LogP contribution in [0.5, 0.6) is 0 Å². The Morgan fingerprint density at radius 1 is 1.27 bits per heavy atom. The van der Waals surface area contributed by atoms with Crippen LogP contribution in [0.4, 0.5) is 5.69 Å². The van der Waals surface area contributed by atoms with E-state index in [1.54, 1.807) is 0 Å². The maximum Gasteiger partial charge on any atom is 0.253 e. The van der Waals surface area contributed by atoms with E-state index in [2.05, 4.69) is 47.6 Å². The fourth-order valence-corrected chi connectivity index (χ4v) is 5.24. The largest absolute Gasteiger partial charge is 0.370 e. The van der Waals surface area contributed by atoms with Crippen LogP contribution in [0.2, 0.25) is 0 Å². The maximum absolute atomic E-state index is 12.4. The molecule has 0 radical (unpaired) electrons. The van der Waals surface area contributed by atoms with Crippen LogP contribution in [0.3, 0.4) is 0 Å². The molecule has 1 N–H and O–H groups in total. The van der Waals surface area contributed by atoms with Crippen molar-refractivity contribution in [3.05, 3.63) is 58.9 Å². The van der Waals surface area contributed by atoms with E-state index in [1.165, 1.54) is 28.8 Å². The summed E-state index contributed by atoms with van der Waals surface area (Å²) in [7, 11) is 2.23. The van der Waals surface area contributed by atoms with Crippen molar-refractivity contribution >= 4 is 11.6 Å². The summed E-state index contributed by atoms with van der Waals surface area (Å²) in [6.45, 7) is 3.24. The molecule has 30 heavy (non-hydrogen) atoms. The molecule has 158 valence electrons. The number of likely N-dealkylation sites (N-methyl/N-ethyl adjacent to an activating group) is 1. The number of fused-ring (bicyclic) bond motifs is 2. The fraction of sp³-hybridized carbons (Fsp3) is 0.500. The summed E-state index contributed by atoms with van der Waals surface area (Å²) >= 11 is 0. The lowest BCUT2D eigenvalue weighted by molar-refractivity contribution is -0.125. The Kier molecular flexibility index (Phi) is 5.54. The van der Waals surface area contributed by atoms with Gasteiger partial charge in [-0.3, -0.25) is 14.7 Å². The normalized spacial score (nSPS) is 23.9. The van der Waals surface area contributed by atoms with Crippen LogP contribution in [0.15, 0.2) is 36.5 Å². The first kappa shape index (κ1) is 19.7. The number of morpholine rings is 1. The minimum absolute atomic E-state index is 0.0618. The van der Waals surface area contributed by atoms with Gasteiger partial charge in [0.2, 0.25) is 0 Å². The van der Waals surface area contributed by atoms with Crippen molar-refractivity contribution in [1.82, 2.24) is 15.2 Å². The van der Waals surface area contributed by atoms with E-state index in [0.29, 0.717) is 25.2 Å². The van der Waals surface area contributed by atoms with Gasteiger partial charge in [0.1, 0.15) is 6.61 Å². The molecule has 2 atom stereocenters. The molecule has 6 heteroatoms. The van der Waals surface area contributed by atoms with E-state index in [9.17, 15) is 4.79 Å². The van der Waals surface area contributed by atoms with Gasteiger partial charge in [0.05, 0.1) is 18.3 Å². The Balaban J connectivity index is 1.33. The highest BCUT2D eigenvalue weighted by molar-refractivity contribution is 5.95. The number of carbonyl (C=O) groups is 1. The molecule has 5 rings (SSSR count). The molecule has 0 bridgehead atoms. The smallest absolute Gasteiger partial charge is 0.253 e. The van der Waals surface area contributed by atoms with Crippen LogP contribution in [0, 0.1) is 0 Å². The van der Waals surface area contributed by atoms with Gasteiger partial charge >= 0.3 is 0 Å². The number of nitrogens with one attached hydrogen (secondary N) is 1. The van der Waals surface area contributed by atoms with Crippen LogP contribution < -0.4 is 10.2 Å². The second-order valence-electron chi connectivity index (χ2n) is 8.69. The highest BCUT2D eigenvalue weighted by Gasteiger charge is 2.30. The molecule has 2 aromatic rings. The van der Waals surface area contributed by atoms with Crippen LogP contribution in [0.1, 0.15) is 41.3 Å². The second-order valence-corrected chi connectivity index (χ2v) is 8.69. The average molecular weight is 407 g/mol. The number of carbonyl (C=O) groups excluding carboxylic acids is 1. The first-order chi connectivity index (χ1) is 14.7.